The van der Waals surface area contributed by atoms with Crippen LogP contribution in [0.3, 0.4) is 0 Å². The van der Waals surface area contributed by atoms with Crippen LogP contribution >= 0.6 is 0 Å². The van der Waals surface area contributed by atoms with E-state index in [1.807, 2.05) is 24.0 Å². The second-order valence-corrected chi connectivity index (χ2v) is 7.65. The van der Waals surface area contributed by atoms with E-state index in [4.69, 9.17) is 5.26 Å². The Kier molecular flexibility index (Phi) is 5.72. The van der Waals surface area contributed by atoms with Crippen LogP contribution in [0.25, 0.3) is 0 Å². The van der Waals surface area contributed by atoms with Gasteiger partial charge < -0.3 is 10.2 Å². The van der Waals surface area contributed by atoms with E-state index in [9.17, 15) is 23.4 Å². The first-order chi connectivity index (χ1) is 13.6. The van der Waals surface area contributed by atoms with Gasteiger partial charge in [0.15, 0.2) is 5.60 Å². The normalized spacial score (nSPS) is 18.7. The van der Waals surface area contributed by atoms with E-state index in [-0.39, 0.29) is 17.6 Å². The highest BCUT2D eigenvalue weighted by Gasteiger charge is 2.51. The number of hydrogen-bond donors (Lipinski definition) is 2. The molecule has 4 nitrogen and oxygen atoms in total. The number of rotatable bonds is 6. The Morgan fingerprint density at radius 2 is 1.55 bits per heavy atom. The summed E-state index contributed by atoms with van der Waals surface area (Å²) in [5.74, 6) is 0. The van der Waals surface area contributed by atoms with Crippen molar-refractivity contribution >= 4 is 0 Å². The number of aliphatic hydroxyl groups is 2. The van der Waals surface area contributed by atoms with Crippen LogP contribution in [0.2, 0.25) is 0 Å². The van der Waals surface area contributed by atoms with Gasteiger partial charge in [-0.25, -0.2) is 0 Å². The fraction of sp³-hybridized carbons (Fsp3) is 0.409. The molecule has 1 saturated carbocycles. The van der Waals surface area contributed by atoms with Gasteiger partial charge in [0, 0.05) is 12.1 Å². The third-order valence-electron chi connectivity index (χ3n) is 5.54. The van der Waals surface area contributed by atoms with Crippen LogP contribution in [0.1, 0.15) is 61.2 Å². The van der Waals surface area contributed by atoms with Crippen molar-refractivity contribution in [3.8, 4) is 6.07 Å². The first kappa shape index (κ1) is 21.3. The molecule has 2 aromatic carbocycles. The van der Waals surface area contributed by atoms with Gasteiger partial charge in [0.2, 0.25) is 0 Å². The Morgan fingerprint density at radius 1 is 1.03 bits per heavy atom. The van der Waals surface area contributed by atoms with Crippen molar-refractivity contribution in [3.05, 3.63) is 70.8 Å². The van der Waals surface area contributed by atoms with E-state index in [0.717, 1.165) is 18.4 Å². The van der Waals surface area contributed by atoms with E-state index >= 15 is 0 Å². The van der Waals surface area contributed by atoms with Gasteiger partial charge in [0.1, 0.15) is 6.23 Å². The van der Waals surface area contributed by atoms with Gasteiger partial charge >= 0.3 is 6.18 Å². The summed E-state index contributed by atoms with van der Waals surface area (Å²) in [6.45, 7) is 2.66. The summed E-state index contributed by atoms with van der Waals surface area (Å²) >= 11 is 0. The average Bonchev–Trinajstić information content (AvgIpc) is 3.52. The maximum Gasteiger partial charge on any atom is 0.421 e. The molecule has 0 radical (unpaired) electrons. The number of hydrogen-bond acceptors (Lipinski definition) is 4. The summed E-state index contributed by atoms with van der Waals surface area (Å²) < 4.78 is 39.1. The lowest BCUT2D eigenvalue weighted by Gasteiger charge is -2.34. The molecule has 0 aliphatic heterocycles. The van der Waals surface area contributed by atoms with Crippen LogP contribution in [-0.2, 0) is 5.60 Å². The van der Waals surface area contributed by atoms with Gasteiger partial charge in [0.25, 0.3) is 0 Å². The SMILES string of the molecule is C[C@@H](c1ccc(C#N)cc1)N(C1CC1)C(O)c1ccc([C@](C)(O)C(F)(F)F)cc1. The second-order valence-electron chi connectivity index (χ2n) is 7.65. The average molecular weight is 404 g/mol. The summed E-state index contributed by atoms with van der Waals surface area (Å²) in [5, 5.41) is 29.7. The minimum Gasteiger partial charge on any atom is -0.376 e. The molecule has 2 aromatic rings. The van der Waals surface area contributed by atoms with Crippen molar-refractivity contribution in [2.24, 2.45) is 0 Å². The molecular weight excluding hydrogens is 381 g/mol. The molecule has 154 valence electrons. The van der Waals surface area contributed by atoms with Crippen molar-refractivity contribution in [3.63, 3.8) is 0 Å². The number of benzene rings is 2. The standard InChI is InChI=1S/C22H23F3N2O2/c1-14(16-5-3-15(13-26)4-6-16)27(19-11-12-19)20(28)17-7-9-18(10-8-17)21(2,29)22(23,24)25/h3-10,14,19-20,28-29H,11-12H2,1-2H3/t14-,20?,21-/m0/s1. The summed E-state index contributed by atoms with van der Waals surface area (Å²) in [6.07, 6.45) is -3.94. The summed E-state index contributed by atoms with van der Waals surface area (Å²) in [6, 6.07) is 14.5. The van der Waals surface area contributed by atoms with Crippen LogP contribution in [-0.4, -0.2) is 27.3 Å². The molecule has 1 unspecified atom stereocenters. The van der Waals surface area contributed by atoms with Crippen molar-refractivity contribution < 1.29 is 23.4 Å². The zero-order valence-corrected chi connectivity index (χ0v) is 16.2. The Balaban J connectivity index is 1.84. The summed E-state index contributed by atoms with van der Waals surface area (Å²) in [7, 11) is 0. The summed E-state index contributed by atoms with van der Waals surface area (Å²) in [4.78, 5) is 1.93. The predicted molar refractivity (Wildman–Crippen MR) is 101 cm³/mol. The van der Waals surface area contributed by atoms with Gasteiger partial charge in [-0.05, 0) is 55.5 Å². The lowest BCUT2D eigenvalue weighted by Crippen LogP contribution is -2.39. The van der Waals surface area contributed by atoms with E-state index in [0.29, 0.717) is 18.1 Å². The molecule has 1 fully saturated rings. The Morgan fingerprint density at radius 3 is 2.00 bits per heavy atom. The zero-order chi connectivity index (χ0) is 21.4. The van der Waals surface area contributed by atoms with Gasteiger partial charge in [-0.1, -0.05) is 36.4 Å². The second kappa shape index (κ2) is 7.79. The fourth-order valence-corrected chi connectivity index (χ4v) is 3.42. The Labute approximate surface area is 167 Å². The minimum atomic E-state index is -4.79. The molecule has 3 atom stereocenters. The van der Waals surface area contributed by atoms with Crippen LogP contribution in [0.15, 0.2) is 48.5 Å². The highest BCUT2D eigenvalue weighted by Crippen LogP contribution is 2.42. The number of nitrogens with zero attached hydrogens (tertiary/aromatic N) is 2. The van der Waals surface area contributed by atoms with E-state index in [2.05, 4.69) is 6.07 Å². The number of halogens is 3. The lowest BCUT2D eigenvalue weighted by atomic mass is 9.94. The molecule has 0 heterocycles. The van der Waals surface area contributed by atoms with E-state index in [1.165, 1.54) is 24.3 Å². The molecule has 3 rings (SSSR count). The molecule has 2 N–H and O–H groups in total. The molecular formula is C22H23F3N2O2. The first-order valence-corrected chi connectivity index (χ1v) is 9.41. The van der Waals surface area contributed by atoms with E-state index < -0.39 is 18.0 Å². The van der Waals surface area contributed by atoms with Gasteiger partial charge in [-0.15, -0.1) is 0 Å². The van der Waals surface area contributed by atoms with Crippen molar-refractivity contribution in [2.45, 2.75) is 56.8 Å². The summed E-state index contributed by atoms with van der Waals surface area (Å²) in [5.41, 5.74) is -1.29. The lowest BCUT2D eigenvalue weighted by molar-refractivity contribution is -0.258. The smallest absolute Gasteiger partial charge is 0.376 e. The Hall–Kier alpha value is -2.40. The highest BCUT2D eigenvalue weighted by atomic mass is 19.4. The molecule has 0 spiro atoms. The molecule has 0 aromatic heterocycles. The molecule has 1 aliphatic rings. The fourth-order valence-electron chi connectivity index (χ4n) is 3.42. The minimum absolute atomic E-state index is 0.150. The third kappa shape index (κ3) is 4.30. The zero-order valence-electron chi connectivity index (χ0n) is 16.2. The quantitative estimate of drug-likeness (QED) is 0.694. The van der Waals surface area contributed by atoms with Gasteiger partial charge in [-0.2, -0.15) is 18.4 Å². The van der Waals surface area contributed by atoms with Crippen LogP contribution < -0.4 is 0 Å². The van der Waals surface area contributed by atoms with Crippen molar-refractivity contribution in [1.29, 1.82) is 5.26 Å². The predicted octanol–water partition coefficient (Wildman–Crippen LogP) is 4.54. The molecule has 0 bridgehead atoms. The molecule has 7 heteroatoms. The molecule has 1 aliphatic carbocycles. The number of alkyl halides is 3. The highest BCUT2D eigenvalue weighted by molar-refractivity contribution is 5.33. The van der Waals surface area contributed by atoms with Gasteiger partial charge in [0.05, 0.1) is 11.6 Å². The molecule has 0 amide bonds. The molecule has 29 heavy (non-hydrogen) atoms. The van der Waals surface area contributed by atoms with Crippen LogP contribution in [0, 0.1) is 11.3 Å². The monoisotopic (exact) mass is 404 g/mol. The first-order valence-electron chi connectivity index (χ1n) is 9.41. The third-order valence-corrected chi connectivity index (χ3v) is 5.54. The van der Waals surface area contributed by atoms with Gasteiger partial charge in [-0.3, -0.25) is 4.90 Å². The maximum absolute atomic E-state index is 13.0. The van der Waals surface area contributed by atoms with Crippen molar-refractivity contribution in [1.82, 2.24) is 4.90 Å². The Bertz CT molecular complexity index is 882. The number of nitriles is 1. The van der Waals surface area contributed by atoms with Crippen LogP contribution in [0.5, 0.6) is 0 Å². The largest absolute Gasteiger partial charge is 0.421 e. The van der Waals surface area contributed by atoms with Crippen molar-refractivity contribution in [2.75, 3.05) is 0 Å². The maximum atomic E-state index is 13.0. The topological polar surface area (TPSA) is 67.5 Å². The van der Waals surface area contributed by atoms with E-state index in [1.54, 1.807) is 12.1 Å². The number of aliphatic hydroxyl groups excluding tert-OH is 1. The van der Waals surface area contributed by atoms with Crippen LogP contribution in [0.4, 0.5) is 13.2 Å². The molecule has 0 saturated heterocycles.